The zero-order chi connectivity index (χ0) is 23.1. The second kappa shape index (κ2) is 10.7. The molecule has 32 heavy (non-hydrogen) atoms. The summed E-state index contributed by atoms with van der Waals surface area (Å²) in [5.41, 5.74) is 12.3. The van der Waals surface area contributed by atoms with Crippen molar-refractivity contribution in [2.75, 3.05) is 5.32 Å². The first-order valence-electron chi connectivity index (χ1n) is 9.88. The summed E-state index contributed by atoms with van der Waals surface area (Å²) in [6, 6.07) is 19.6. The van der Waals surface area contributed by atoms with Gasteiger partial charge in [-0.1, -0.05) is 68.1 Å². The number of benzene rings is 2. The molecule has 1 heterocycles. The molecule has 0 radical (unpaired) electrons. The molecule has 4 N–H and O–H groups in total. The van der Waals surface area contributed by atoms with Crippen molar-refractivity contribution in [3.05, 3.63) is 65.7 Å². The molecule has 0 aliphatic heterocycles. The molecule has 3 aromatic rings. The number of hydrogen-bond donors (Lipinski definition) is 3. The molecule has 1 aromatic heterocycles. The van der Waals surface area contributed by atoms with Crippen LogP contribution in [0.2, 0.25) is 0 Å². The molecular formula is C23H23N7S2. The lowest BCUT2D eigenvalue weighted by molar-refractivity contribution is 0.958. The Bertz CT molecular complexity index is 1170. The fourth-order valence-corrected chi connectivity index (χ4v) is 3.60. The Labute approximate surface area is 197 Å². The van der Waals surface area contributed by atoms with Crippen molar-refractivity contribution in [1.82, 2.24) is 15.4 Å². The normalized spacial score (nSPS) is 11.2. The van der Waals surface area contributed by atoms with Crippen LogP contribution in [-0.2, 0) is 0 Å². The number of nitrogens with zero attached hydrogens (tertiary/aromatic N) is 4. The smallest absolute Gasteiger partial charge is 0.190 e. The molecule has 3 rings (SSSR count). The number of nitrogens with one attached hydrogen (secondary N) is 2. The number of thiocarbonyl (C=S) groups is 1. The standard InChI is InChI=1S/C23H23N7S2/c1-14(2)32-23-27-20(17-7-5-4-6-8-17)19(13-24)21(28-23)26-18-11-9-16(10-12-18)15(3)29-30-22(25)31/h4-12,14H,1-3H3,(H3,25,30,31)(H,26,27,28)/b29-15-. The number of anilines is 2. The first kappa shape index (κ1) is 23.2. The van der Waals surface area contributed by atoms with Crippen molar-refractivity contribution < 1.29 is 0 Å². The lowest BCUT2D eigenvalue weighted by atomic mass is 10.1. The van der Waals surface area contributed by atoms with Crippen LogP contribution in [0.25, 0.3) is 11.3 Å². The van der Waals surface area contributed by atoms with Gasteiger partial charge in [0, 0.05) is 16.5 Å². The Balaban J connectivity index is 1.97. The van der Waals surface area contributed by atoms with Crippen molar-refractivity contribution in [3.8, 4) is 17.3 Å². The average Bonchev–Trinajstić information content (AvgIpc) is 2.78. The zero-order valence-electron chi connectivity index (χ0n) is 18.0. The van der Waals surface area contributed by atoms with E-state index in [1.165, 1.54) is 0 Å². The monoisotopic (exact) mass is 461 g/mol. The summed E-state index contributed by atoms with van der Waals surface area (Å²) < 4.78 is 0. The van der Waals surface area contributed by atoms with E-state index in [1.54, 1.807) is 11.8 Å². The number of nitrogens with two attached hydrogens (primary N) is 1. The fraction of sp³-hybridized carbons (Fsp3) is 0.174. The minimum absolute atomic E-state index is 0.111. The summed E-state index contributed by atoms with van der Waals surface area (Å²) in [5.74, 6) is 0.470. The van der Waals surface area contributed by atoms with Crippen molar-refractivity contribution in [1.29, 1.82) is 5.26 Å². The first-order chi connectivity index (χ1) is 15.4. The third kappa shape index (κ3) is 6.03. The quantitative estimate of drug-likeness (QED) is 0.151. The van der Waals surface area contributed by atoms with Gasteiger partial charge in [0.25, 0.3) is 0 Å². The van der Waals surface area contributed by atoms with Crippen molar-refractivity contribution in [2.45, 2.75) is 31.2 Å². The molecule has 0 spiro atoms. The number of nitriles is 1. The Morgan fingerprint density at radius 1 is 1.12 bits per heavy atom. The van der Waals surface area contributed by atoms with Crippen molar-refractivity contribution in [3.63, 3.8) is 0 Å². The van der Waals surface area contributed by atoms with E-state index in [0.717, 1.165) is 22.5 Å². The van der Waals surface area contributed by atoms with Crippen molar-refractivity contribution >= 4 is 46.3 Å². The largest absolute Gasteiger partial charge is 0.375 e. The van der Waals surface area contributed by atoms with Gasteiger partial charge in [-0.25, -0.2) is 9.97 Å². The lowest BCUT2D eigenvalue weighted by Gasteiger charge is -2.14. The molecule has 0 aliphatic carbocycles. The van der Waals surface area contributed by atoms with Crippen LogP contribution in [0.4, 0.5) is 11.5 Å². The third-order valence-electron chi connectivity index (χ3n) is 4.29. The summed E-state index contributed by atoms with van der Waals surface area (Å²) in [6.07, 6.45) is 0. The van der Waals surface area contributed by atoms with E-state index in [0.29, 0.717) is 27.5 Å². The lowest BCUT2D eigenvalue weighted by Crippen LogP contribution is -2.25. The van der Waals surface area contributed by atoms with E-state index in [2.05, 4.69) is 45.7 Å². The van der Waals surface area contributed by atoms with E-state index >= 15 is 0 Å². The molecule has 0 fully saturated rings. The summed E-state index contributed by atoms with van der Waals surface area (Å²) in [4.78, 5) is 9.30. The number of thioether (sulfide) groups is 1. The van der Waals surface area contributed by atoms with Gasteiger partial charge in [-0.3, -0.25) is 5.43 Å². The molecule has 0 bridgehead atoms. The molecular weight excluding hydrogens is 438 g/mol. The predicted molar refractivity (Wildman–Crippen MR) is 135 cm³/mol. The van der Waals surface area contributed by atoms with Gasteiger partial charge in [0.2, 0.25) is 0 Å². The number of aromatic nitrogens is 2. The van der Waals surface area contributed by atoms with Crippen LogP contribution in [-0.4, -0.2) is 26.0 Å². The molecule has 0 saturated heterocycles. The summed E-state index contributed by atoms with van der Waals surface area (Å²) in [6.45, 7) is 6.01. The first-order valence-corrected chi connectivity index (χ1v) is 11.2. The molecule has 162 valence electrons. The van der Waals surface area contributed by atoms with E-state index in [1.807, 2.05) is 61.5 Å². The second-order valence-electron chi connectivity index (χ2n) is 7.10. The Morgan fingerprint density at radius 3 is 2.41 bits per heavy atom. The highest BCUT2D eigenvalue weighted by Crippen LogP contribution is 2.31. The van der Waals surface area contributed by atoms with Gasteiger partial charge in [0.1, 0.15) is 11.6 Å². The Hall–Kier alpha value is -3.48. The molecule has 0 atom stereocenters. The summed E-state index contributed by atoms with van der Waals surface area (Å²) in [5, 5.41) is 18.4. The highest BCUT2D eigenvalue weighted by atomic mass is 32.2. The maximum Gasteiger partial charge on any atom is 0.190 e. The van der Waals surface area contributed by atoms with Gasteiger partial charge in [0.05, 0.1) is 11.4 Å². The van der Waals surface area contributed by atoms with Gasteiger partial charge in [0.15, 0.2) is 16.1 Å². The Morgan fingerprint density at radius 2 is 1.81 bits per heavy atom. The number of rotatable bonds is 7. The molecule has 9 heteroatoms. The van der Waals surface area contributed by atoms with E-state index in [-0.39, 0.29) is 5.11 Å². The van der Waals surface area contributed by atoms with E-state index in [9.17, 15) is 5.26 Å². The molecule has 0 aliphatic rings. The van der Waals surface area contributed by atoms with Crippen LogP contribution in [0, 0.1) is 11.3 Å². The van der Waals surface area contributed by atoms with Gasteiger partial charge < -0.3 is 11.1 Å². The minimum Gasteiger partial charge on any atom is -0.375 e. The van der Waals surface area contributed by atoms with E-state index < -0.39 is 0 Å². The van der Waals surface area contributed by atoms with Crippen LogP contribution in [0.5, 0.6) is 0 Å². The fourth-order valence-electron chi connectivity index (χ4n) is 2.84. The van der Waals surface area contributed by atoms with Crippen molar-refractivity contribution in [2.24, 2.45) is 10.8 Å². The maximum absolute atomic E-state index is 9.91. The van der Waals surface area contributed by atoms with Gasteiger partial charge in [-0.15, -0.1) is 0 Å². The van der Waals surface area contributed by atoms with Crippen LogP contribution < -0.4 is 16.5 Å². The van der Waals surface area contributed by atoms with Crippen LogP contribution in [0.1, 0.15) is 31.9 Å². The minimum atomic E-state index is 0.111. The second-order valence-corrected chi connectivity index (χ2v) is 9.08. The highest BCUT2D eigenvalue weighted by Gasteiger charge is 2.17. The predicted octanol–water partition coefficient (Wildman–Crippen LogP) is 4.82. The third-order valence-corrected chi connectivity index (χ3v) is 5.24. The molecule has 0 unspecified atom stereocenters. The molecule has 2 aromatic carbocycles. The zero-order valence-corrected chi connectivity index (χ0v) is 19.6. The number of hydrogen-bond acceptors (Lipinski definition) is 7. The number of hydrazone groups is 1. The van der Waals surface area contributed by atoms with Crippen LogP contribution in [0.3, 0.4) is 0 Å². The molecule has 7 nitrogen and oxygen atoms in total. The average molecular weight is 462 g/mol. The highest BCUT2D eigenvalue weighted by molar-refractivity contribution is 7.99. The van der Waals surface area contributed by atoms with Crippen LogP contribution in [0.15, 0.2) is 64.9 Å². The maximum atomic E-state index is 9.91. The van der Waals surface area contributed by atoms with Gasteiger partial charge in [-0.2, -0.15) is 10.4 Å². The topological polar surface area (TPSA) is 112 Å². The summed E-state index contributed by atoms with van der Waals surface area (Å²) in [7, 11) is 0. The SMILES string of the molecule is C/C(=N/NC(N)=S)c1ccc(Nc2nc(SC(C)C)nc(-c3ccccc3)c2C#N)cc1. The van der Waals surface area contributed by atoms with Gasteiger partial charge >= 0.3 is 0 Å². The van der Waals surface area contributed by atoms with Crippen LogP contribution >= 0.6 is 24.0 Å². The van der Waals surface area contributed by atoms with E-state index in [4.69, 9.17) is 18.0 Å². The Kier molecular flexibility index (Phi) is 7.76. The van der Waals surface area contributed by atoms with Gasteiger partial charge in [-0.05, 0) is 36.8 Å². The summed E-state index contributed by atoms with van der Waals surface area (Å²) >= 11 is 6.32. The molecule has 0 saturated carbocycles. The molecule has 0 amide bonds.